The van der Waals surface area contributed by atoms with Gasteiger partial charge >= 0.3 is 5.97 Å². The number of ether oxygens (including phenoxy) is 1. The Morgan fingerprint density at radius 3 is 2.23 bits per heavy atom. The molecule has 4 nitrogen and oxygen atoms in total. The normalized spacial score (nSPS) is 14.5. The van der Waals surface area contributed by atoms with Crippen LogP contribution in [0.15, 0.2) is 53.2 Å². The lowest BCUT2D eigenvalue weighted by molar-refractivity contribution is -0.140. The number of fused-ring (bicyclic) bond motifs is 1. The molecule has 30 heavy (non-hydrogen) atoms. The van der Waals surface area contributed by atoms with Crippen LogP contribution in [0.1, 0.15) is 70.7 Å². The zero-order chi connectivity index (χ0) is 22.1. The molecule has 2 aromatic carbocycles. The molecule has 0 spiro atoms. The van der Waals surface area contributed by atoms with Gasteiger partial charge in [0.15, 0.2) is 0 Å². The summed E-state index contributed by atoms with van der Waals surface area (Å²) in [5.41, 5.74) is 5.79. The van der Waals surface area contributed by atoms with E-state index >= 15 is 0 Å². The van der Waals surface area contributed by atoms with Crippen LogP contribution < -0.4 is 4.74 Å². The first-order chi connectivity index (χ1) is 14.0. The molecule has 0 unspecified atom stereocenters. The van der Waals surface area contributed by atoms with Crippen molar-refractivity contribution in [3.05, 3.63) is 70.3 Å². The Bertz CT molecular complexity index is 1000. The van der Waals surface area contributed by atoms with E-state index in [0.717, 1.165) is 22.4 Å². The van der Waals surface area contributed by atoms with E-state index < -0.39 is 5.97 Å². The summed E-state index contributed by atoms with van der Waals surface area (Å²) in [7, 11) is 0. The zero-order valence-corrected chi connectivity index (χ0v) is 19.0. The smallest absolute Gasteiger partial charge is 0.332 e. The molecule has 1 heterocycles. The van der Waals surface area contributed by atoms with Crippen LogP contribution in [0.4, 0.5) is 0 Å². The molecule has 0 atom stereocenters. The standard InChI is InChI=1S/C26H31NO3/c1-17(28)30-27-23(18-11-9-8-10-12-18)20-13-19-14-21(25(2,3)4)15-22(26(5,6)7)24(19)29-16-20/h8-15H,16H2,1-7H3/b27-23+. The molecule has 0 amide bonds. The number of rotatable bonds is 3. The molecule has 0 aromatic heterocycles. The minimum atomic E-state index is -0.453. The molecular formula is C26H31NO3. The summed E-state index contributed by atoms with van der Waals surface area (Å²) in [6.45, 7) is 15.0. The fourth-order valence-electron chi connectivity index (χ4n) is 3.43. The average Bonchev–Trinajstić information content (AvgIpc) is 2.66. The van der Waals surface area contributed by atoms with Crippen molar-refractivity contribution in [2.75, 3.05) is 6.61 Å². The molecule has 3 rings (SSSR count). The van der Waals surface area contributed by atoms with Gasteiger partial charge in [-0.1, -0.05) is 83.1 Å². The van der Waals surface area contributed by atoms with Crippen molar-refractivity contribution in [2.24, 2.45) is 5.16 Å². The van der Waals surface area contributed by atoms with E-state index in [-0.39, 0.29) is 10.8 Å². The number of nitrogens with zero attached hydrogens (tertiary/aromatic N) is 1. The Morgan fingerprint density at radius 1 is 1.00 bits per heavy atom. The largest absolute Gasteiger partial charge is 0.488 e. The summed E-state index contributed by atoms with van der Waals surface area (Å²) in [5, 5.41) is 4.15. The quantitative estimate of drug-likeness (QED) is 0.356. The predicted molar refractivity (Wildman–Crippen MR) is 122 cm³/mol. The number of carbonyl (C=O) groups excluding carboxylic acids is 1. The van der Waals surface area contributed by atoms with Crippen LogP contribution in [0.3, 0.4) is 0 Å². The monoisotopic (exact) mass is 405 g/mol. The minimum Gasteiger partial charge on any atom is -0.488 e. The van der Waals surface area contributed by atoms with Gasteiger partial charge in [0, 0.05) is 29.2 Å². The maximum atomic E-state index is 11.4. The Labute approximate surface area is 179 Å². The fraction of sp³-hybridized carbons (Fsp3) is 0.385. The zero-order valence-electron chi connectivity index (χ0n) is 19.0. The first kappa shape index (κ1) is 21.8. The summed E-state index contributed by atoms with van der Waals surface area (Å²) in [4.78, 5) is 16.4. The van der Waals surface area contributed by atoms with Gasteiger partial charge < -0.3 is 9.57 Å². The maximum absolute atomic E-state index is 11.4. The second kappa shape index (κ2) is 8.10. The molecule has 1 aliphatic heterocycles. The van der Waals surface area contributed by atoms with Crippen LogP contribution in [0.5, 0.6) is 5.75 Å². The predicted octanol–water partition coefficient (Wildman–Crippen LogP) is 6.02. The van der Waals surface area contributed by atoms with Gasteiger partial charge in [0.1, 0.15) is 18.1 Å². The highest BCUT2D eigenvalue weighted by Gasteiger charge is 2.28. The van der Waals surface area contributed by atoms with Crippen molar-refractivity contribution < 1.29 is 14.4 Å². The van der Waals surface area contributed by atoms with E-state index in [1.165, 1.54) is 18.1 Å². The molecule has 1 aliphatic rings. The average molecular weight is 406 g/mol. The third-order valence-electron chi connectivity index (χ3n) is 5.11. The third kappa shape index (κ3) is 4.81. The van der Waals surface area contributed by atoms with E-state index in [1.807, 2.05) is 30.3 Å². The molecule has 0 N–H and O–H groups in total. The first-order valence-corrected chi connectivity index (χ1v) is 10.3. The molecule has 0 saturated carbocycles. The van der Waals surface area contributed by atoms with Crippen molar-refractivity contribution >= 4 is 17.8 Å². The maximum Gasteiger partial charge on any atom is 0.332 e. The van der Waals surface area contributed by atoms with Gasteiger partial charge in [-0.25, -0.2) is 4.79 Å². The van der Waals surface area contributed by atoms with Gasteiger partial charge in [-0.3, -0.25) is 0 Å². The van der Waals surface area contributed by atoms with Crippen molar-refractivity contribution in [2.45, 2.75) is 59.3 Å². The van der Waals surface area contributed by atoms with Crippen LogP contribution in [-0.2, 0) is 20.5 Å². The van der Waals surface area contributed by atoms with Crippen molar-refractivity contribution in [3.63, 3.8) is 0 Å². The van der Waals surface area contributed by atoms with Gasteiger partial charge in [-0.15, -0.1) is 0 Å². The van der Waals surface area contributed by atoms with E-state index in [0.29, 0.717) is 12.3 Å². The van der Waals surface area contributed by atoms with Crippen LogP contribution in [0, 0.1) is 0 Å². The molecule has 0 saturated heterocycles. The molecule has 158 valence electrons. The van der Waals surface area contributed by atoms with E-state index in [1.54, 1.807) is 0 Å². The van der Waals surface area contributed by atoms with Crippen LogP contribution >= 0.6 is 0 Å². The van der Waals surface area contributed by atoms with Crippen molar-refractivity contribution in [1.29, 1.82) is 0 Å². The van der Waals surface area contributed by atoms with E-state index in [2.05, 4.69) is 64.9 Å². The topological polar surface area (TPSA) is 47.9 Å². The minimum absolute atomic E-state index is 0.00850. The van der Waals surface area contributed by atoms with E-state index in [9.17, 15) is 4.79 Å². The number of carbonyl (C=O) groups is 1. The molecule has 4 heteroatoms. The fourth-order valence-corrected chi connectivity index (χ4v) is 3.43. The number of benzene rings is 2. The van der Waals surface area contributed by atoms with Crippen LogP contribution in [0.2, 0.25) is 0 Å². The molecule has 0 radical (unpaired) electrons. The Hall–Kier alpha value is -2.88. The number of oxime groups is 1. The highest BCUT2D eigenvalue weighted by atomic mass is 16.7. The second-order valence-electron chi connectivity index (χ2n) is 9.79. The summed E-state index contributed by atoms with van der Waals surface area (Å²) >= 11 is 0. The SMILES string of the molecule is CC(=O)O/N=C(/C1=Cc2cc(C(C)(C)C)cc(C(C)(C)C)c2OC1)c1ccccc1. The highest BCUT2D eigenvalue weighted by Crippen LogP contribution is 2.41. The molecular weight excluding hydrogens is 374 g/mol. The lowest BCUT2D eigenvalue weighted by atomic mass is 9.78. The molecule has 0 bridgehead atoms. The van der Waals surface area contributed by atoms with Crippen LogP contribution in [0.25, 0.3) is 6.08 Å². The highest BCUT2D eigenvalue weighted by molar-refractivity contribution is 6.15. The van der Waals surface area contributed by atoms with Gasteiger partial charge in [0.25, 0.3) is 0 Å². The Balaban J connectivity index is 2.18. The number of hydrogen-bond acceptors (Lipinski definition) is 4. The van der Waals surface area contributed by atoms with Gasteiger partial charge in [0.2, 0.25) is 0 Å². The lowest BCUT2D eigenvalue weighted by Crippen LogP contribution is -2.22. The van der Waals surface area contributed by atoms with Gasteiger partial charge in [-0.2, -0.15) is 0 Å². The summed E-state index contributed by atoms with van der Waals surface area (Å²) in [6.07, 6.45) is 2.11. The van der Waals surface area contributed by atoms with Crippen molar-refractivity contribution in [3.8, 4) is 5.75 Å². The summed E-state index contributed by atoms with van der Waals surface area (Å²) in [5.74, 6) is 0.463. The Kier molecular flexibility index (Phi) is 5.89. The summed E-state index contributed by atoms with van der Waals surface area (Å²) < 4.78 is 6.28. The first-order valence-electron chi connectivity index (χ1n) is 10.3. The van der Waals surface area contributed by atoms with Crippen LogP contribution in [-0.4, -0.2) is 18.3 Å². The van der Waals surface area contributed by atoms with Gasteiger partial charge in [-0.05, 0) is 28.5 Å². The summed E-state index contributed by atoms with van der Waals surface area (Å²) in [6, 6.07) is 14.2. The Morgan fingerprint density at radius 2 is 1.67 bits per heavy atom. The van der Waals surface area contributed by atoms with Gasteiger partial charge in [0.05, 0.1) is 0 Å². The molecule has 2 aromatic rings. The number of hydrogen-bond donors (Lipinski definition) is 0. The van der Waals surface area contributed by atoms with E-state index in [4.69, 9.17) is 9.57 Å². The molecule has 0 aliphatic carbocycles. The molecule has 0 fully saturated rings. The lowest BCUT2D eigenvalue weighted by Gasteiger charge is -2.31. The third-order valence-corrected chi connectivity index (χ3v) is 5.11. The second-order valence-corrected chi connectivity index (χ2v) is 9.79. The van der Waals surface area contributed by atoms with Crippen molar-refractivity contribution in [1.82, 2.24) is 0 Å².